The number of hydrogen-bond donors (Lipinski definition) is 1. The third kappa shape index (κ3) is 1.20. The van der Waals surface area contributed by atoms with Gasteiger partial charge in [-0.25, -0.2) is 4.39 Å². The van der Waals surface area contributed by atoms with Gasteiger partial charge in [0, 0.05) is 11.7 Å². The Morgan fingerprint density at radius 1 is 1.42 bits per heavy atom. The summed E-state index contributed by atoms with van der Waals surface area (Å²) in [7, 11) is 0. The molecule has 1 heterocycles. The topological polar surface area (TPSA) is 12.0 Å². The minimum absolute atomic E-state index is 0.191. The lowest BCUT2D eigenvalue weighted by molar-refractivity contribution is 0.628. The van der Waals surface area contributed by atoms with E-state index < -0.39 is 0 Å². The Morgan fingerprint density at radius 3 is 3.08 bits per heavy atom. The maximum Gasteiger partial charge on any atom is 0.125 e. The van der Waals surface area contributed by atoms with E-state index >= 15 is 0 Å². The summed E-state index contributed by atoms with van der Waals surface area (Å²) in [6.07, 6.45) is 4.07. The van der Waals surface area contributed by atoms with Gasteiger partial charge in [-0.3, -0.25) is 0 Å². The van der Waals surface area contributed by atoms with Crippen molar-refractivity contribution in [3.8, 4) is 0 Å². The highest BCUT2D eigenvalue weighted by Crippen LogP contribution is 2.23. The van der Waals surface area contributed by atoms with Crippen LogP contribution in [-0.4, -0.2) is 6.04 Å². The number of halogens is 1. The molecule has 0 fully saturated rings. The Balaban J connectivity index is 2.47. The molecular weight excluding hydrogens is 153 g/mol. The zero-order valence-electron chi connectivity index (χ0n) is 6.84. The highest BCUT2D eigenvalue weighted by molar-refractivity contribution is 5.70. The summed E-state index contributed by atoms with van der Waals surface area (Å²) in [5, 5.41) is 3.17. The Labute approximate surface area is 70.9 Å². The van der Waals surface area contributed by atoms with E-state index in [0.717, 1.165) is 11.3 Å². The van der Waals surface area contributed by atoms with Gasteiger partial charge in [-0.05, 0) is 24.6 Å². The monoisotopic (exact) mass is 163 g/mol. The summed E-state index contributed by atoms with van der Waals surface area (Å²) in [5.74, 6) is -0.191. The summed E-state index contributed by atoms with van der Waals surface area (Å²) in [4.78, 5) is 0. The summed E-state index contributed by atoms with van der Waals surface area (Å²) in [5.41, 5.74) is 1.93. The molecule has 0 saturated heterocycles. The third-order valence-corrected chi connectivity index (χ3v) is 1.96. The van der Waals surface area contributed by atoms with Crippen LogP contribution in [0.3, 0.4) is 0 Å². The largest absolute Gasteiger partial charge is 0.379 e. The van der Waals surface area contributed by atoms with Gasteiger partial charge in [0.1, 0.15) is 5.82 Å². The molecule has 2 heteroatoms. The van der Waals surface area contributed by atoms with Crippen LogP contribution in [0.2, 0.25) is 0 Å². The molecule has 1 aromatic carbocycles. The molecule has 0 spiro atoms. The Hall–Kier alpha value is -1.31. The Bertz CT molecular complexity index is 331. The van der Waals surface area contributed by atoms with Gasteiger partial charge in [-0.1, -0.05) is 18.2 Å². The van der Waals surface area contributed by atoms with E-state index in [-0.39, 0.29) is 5.82 Å². The highest BCUT2D eigenvalue weighted by atomic mass is 19.1. The first-order valence-corrected chi connectivity index (χ1v) is 4.00. The van der Waals surface area contributed by atoms with Crippen LogP contribution >= 0.6 is 0 Å². The van der Waals surface area contributed by atoms with Crippen molar-refractivity contribution in [3.63, 3.8) is 0 Å². The van der Waals surface area contributed by atoms with Gasteiger partial charge in [-0.15, -0.1) is 0 Å². The van der Waals surface area contributed by atoms with Crippen LogP contribution in [0.25, 0.3) is 6.08 Å². The smallest absolute Gasteiger partial charge is 0.125 e. The first-order valence-electron chi connectivity index (χ1n) is 4.00. The molecule has 1 N–H and O–H groups in total. The second-order valence-corrected chi connectivity index (χ2v) is 3.02. The molecule has 0 saturated carbocycles. The molecule has 1 aromatic rings. The zero-order valence-corrected chi connectivity index (χ0v) is 6.84. The minimum atomic E-state index is -0.191. The molecule has 0 aromatic heterocycles. The molecule has 12 heavy (non-hydrogen) atoms. The molecule has 2 rings (SSSR count). The summed E-state index contributed by atoms with van der Waals surface area (Å²) in [6.45, 7) is 2.03. The maximum absolute atomic E-state index is 12.8. The zero-order chi connectivity index (χ0) is 8.55. The number of hydrogen-bond acceptors (Lipinski definition) is 1. The first-order chi connectivity index (χ1) is 5.75. The second kappa shape index (κ2) is 2.63. The van der Waals surface area contributed by atoms with Crippen molar-refractivity contribution in [2.45, 2.75) is 13.0 Å². The fourth-order valence-corrected chi connectivity index (χ4v) is 1.34. The third-order valence-electron chi connectivity index (χ3n) is 1.96. The predicted octanol–water partition coefficient (Wildman–Crippen LogP) is 2.65. The van der Waals surface area contributed by atoms with Crippen LogP contribution < -0.4 is 5.32 Å². The van der Waals surface area contributed by atoms with Crippen molar-refractivity contribution >= 4 is 11.8 Å². The van der Waals surface area contributed by atoms with Crippen LogP contribution in [0, 0.1) is 5.82 Å². The van der Waals surface area contributed by atoms with Gasteiger partial charge in [0.05, 0.1) is 0 Å². The Morgan fingerprint density at radius 2 is 2.25 bits per heavy atom. The lowest BCUT2D eigenvalue weighted by atomic mass is 10.1. The summed E-state index contributed by atoms with van der Waals surface area (Å²) >= 11 is 0. The van der Waals surface area contributed by atoms with Crippen molar-refractivity contribution in [1.29, 1.82) is 0 Å². The number of fused-ring (bicyclic) bond motifs is 1. The van der Waals surface area contributed by atoms with E-state index in [4.69, 9.17) is 0 Å². The molecule has 1 atom stereocenters. The number of nitrogens with one attached hydrogen (secondary N) is 1. The van der Waals surface area contributed by atoms with Crippen molar-refractivity contribution in [1.82, 2.24) is 0 Å². The molecule has 62 valence electrons. The maximum atomic E-state index is 12.8. The molecule has 1 unspecified atom stereocenters. The molecule has 0 amide bonds. The van der Waals surface area contributed by atoms with Crippen molar-refractivity contribution < 1.29 is 4.39 Å². The molecule has 0 radical (unpaired) electrons. The summed E-state index contributed by atoms with van der Waals surface area (Å²) in [6, 6.07) is 5.07. The van der Waals surface area contributed by atoms with E-state index in [1.54, 1.807) is 6.07 Å². The SMILES string of the molecule is CC1C=Cc2ccc(F)cc2N1. The fourth-order valence-electron chi connectivity index (χ4n) is 1.34. The number of rotatable bonds is 0. The number of benzene rings is 1. The van der Waals surface area contributed by atoms with E-state index in [2.05, 4.69) is 11.4 Å². The van der Waals surface area contributed by atoms with E-state index in [1.165, 1.54) is 12.1 Å². The molecule has 0 bridgehead atoms. The van der Waals surface area contributed by atoms with Crippen molar-refractivity contribution in [3.05, 3.63) is 35.7 Å². The lowest BCUT2D eigenvalue weighted by Crippen LogP contribution is -2.15. The normalized spacial score (nSPS) is 20.0. The van der Waals surface area contributed by atoms with E-state index in [1.807, 2.05) is 13.0 Å². The van der Waals surface area contributed by atoms with Crippen LogP contribution in [0.1, 0.15) is 12.5 Å². The molecule has 1 aliphatic heterocycles. The van der Waals surface area contributed by atoms with Crippen LogP contribution in [0.4, 0.5) is 10.1 Å². The second-order valence-electron chi connectivity index (χ2n) is 3.02. The summed E-state index contributed by atoms with van der Waals surface area (Å²) < 4.78 is 12.8. The first kappa shape index (κ1) is 7.35. The fraction of sp³-hybridized carbons (Fsp3) is 0.200. The van der Waals surface area contributed by atoms with Gasteiger partial charge in [0.2, 0.25) is 0 Å². The lowest BCUT2D eigenvalue weighted by Gasteiger charge is -2.18. The average molecular weight is 163 g/mol. The van der Waals surface area contributed by atoms with Crippen LogP contribution in [0.5, 0.6) is 0 Å². The highest BCUT2D eigenvalue weighted by Gasteiger charge is 2.08. The molecule has 1 nitrogen and oxygen atoms in total. The molecular formula is C10H10FN. The van der Waals surface area contributed by atoms with Crippen molar-refractivity contribution in [2.24, 2.45) is 0 Å². The van der Waals surface area contributed by atoms with Gasteiger partial charge in [-0.2, -0.15) is 0 Å². The standard InChI is InChI=1S/C10H10FN/c1-7-2-3-8-4-5-9(11)6-10(8)12-7/h2-7,12H,1H3. The minimum Gasteiger partial charge on any atom is -0.379 e. The van der Waals surface area contributed by atoms with Gasteiger partial charge in [0.15, 0.2) is 0 Å². The van der Waals surface area contributed by atoms with Crippen molar-refractivity contribution in [2.75, 3.05) is 5.32 Å². The van der Waals surface area contributed by atoms with Gasteiger partial charge in [0.25, 0.3) is 0 Å². The van der Waals surface area contributed by atoms with E-state index in [0.29, 0.717) is 6.04 Å². The predicted molar refractivity (Wildman–Crippen MR) is 48.5 cm³/mol. The molecule has 0 aliphatic carbocycles. The van der Waals surface area contributed by atoms with Gasteiger partial charge >= 0.3 is 0 Å². The van der Waals surface area contributed by atoms with Crippen LogP contribution in [0.15, 0.2) is 24.3 Å². The van der Waals surface area contributed by atoms with Crippen LogP contribution in [-0.2, 0) is 0 Å². The van der Waals surface area contributed by atoms with Gasteiger partial charge < -0.3 is 5.32 Å². The Kier molecular flexibility index (Phi) is 1.61. The quantitative estimate of drug-likeness (QED) is 0.620. The molecule has 1 aliphatic rings. The van der Waals surface area contributed by atoms with E-state index in [9.17, 15) is 4.39 Å². The number of anilines is 1. The average Bonchev–Trinajstić information content (AvgIpc) is 2.03.